The van der Waals surface area contributed by atoms with Crippen LogP contribution in [0.5, 0.6) is 5.75 Å². The summed E-state index contributed by atoms with van der Waals surface area (Å²) >= 11 is 3.41. The van der Waals surface area contributed by atoms with Gasteiger partial charge in [-0.2, -0.15) is 0 Å². The SMILES string of the molecule is COc1cc(C(O)CN)cc(C)c1Br. The van der Waals surface area contributed by atoms with Crippen LogP contribution < -0.4 is 10.5 Å². The maximum absolute atomic E-state index is 9.57. The largest absolute Gasteiger partial charge is 0.496 e. The lowest BCUT2D eigenvalue weighted by Gasteiger charge is -2.13. The number of methoxy groups -OCH3 is 1. The van der Waals surface area contributed by atoms with Crippen molar-refractivity contribution in [2.24, 2.45) is 5.73 Å². The number of halogens is 1. The number of hydrogen-bond acceptors (Lipinski definition) is 3. The molecule has 4 heteroatoms. The van der Waals surface area contributed by atoms with Crippen LogP contribution in [0.15, 0.2) is 16.6 Å². The van der Waals surface area contributed by atoms with Crippen molar-refractivity contribution in [1.82, 2.24) is 0 Å². The van der Waals surface area contributed by atoms with Crippen LogP contribution in [-0.2, 0) is 0 Å². The summed E-state index contributed by atoms with van der Waals surface area (Å²) in [5, 5.41) is 9.57. The van der Waals surface area contributed by atoms with Crippen LogP contribution in [0.4, 0.5) is 0 Å². The molecule has 0 aliphatic rings. The highest BCUT2D eigenvalue weighted by atomic mass is 79.9. The lowest BCUT2D eigenvalue weighted by molar-refractivity contribution is 0.186. The normalized spacial score (nSPS) is 12.6. The van der Waals surface area contributed by atoms with E-state index in [1.165, 1.54) is 0 Å². The highest BCUT2D eigenvalue weighted by molar-refractivity contribution is 9.10. The molecule has 14 heavy (non-hydrogen) atoms. The Bertz CT molecular complexity index is 328. The van der Waals surface area contributed by atoms with Gasteiger partial charge in [0.25, 0.3) is 0 Å². The van der Waals surface area contributed by atoms with E-state index < -0.39 is 6.10 Å². The summed E-state index contributed by atoms with van der Waals surface area (Å²) in [6.07, 6.45) is -0.629. The zero-order valence-electron chi connectivity index (χ0n) is 8.25. The first-order chi connectivity index (χ1) is 6.60. The zero-order valence-corrected chi connectivity index (χ0v) is 9.84. The Morgan fingerprint density at radius 2 is 2.21 bits per heavy atom. The van der Waals surface area contributed by atoms with E-state index in [1.54, 1.807) is 13.2 Å². The molecule has 1 unspecified atom stereocenters. The predicted octanol–water partition coefficient (Wildman–Crippen LogP) is 1.76. The molecular formula is C10H14BrNO2. The first-order valence-corrected chi connectivity index (χ1v) is 5.11. The second-order valence-corrected chi connectivity index (χ2v) is 3.90. The smallest absolute Gasteiger partial charge is 0.133 e. The van der Waals surface area contributed by atoms with E-state index in [4.69, 9.17) is 10.5 Å². The van der Waals surface area contributed by atoms with Gasteiger partial charge in [0.1, 0.15) is 5.75 Å². The average molecular weight is 260 g/mol. The van der Waals surface area contributed by atoms with Crippen molar-refractivity contribution in [3.05, 3.63) is 27.7 Å². The minimum absolute atomic E-state index is 0.213. The van der Waals surface area contributed by atoms with E-state index in [-0.39, 0.29) is 6.54 Å². The fourth-order valence-electron chi connectivity index (χ4n) is 1.24. The van der Waals surface area contributed by atoms with E-state index in [0.717, 1.165) is 15.6 Å². The minimum Gasteiger partial charge on any atom is -0.496 e. The summed E-state index contributed by atoms with van der Waals surface area (Å²) in [5.41, 5.74) is 7.18. The molecule has 1 rings (SSSR count). The highest BCUT2D eigenvalue weighted by Gasteiger charge is 2.11. The molecule has 0 radical (unpaired) electrons. The molecular weight excluding hydrogens is 246 g/mol. The number of aliphatic hydroxyl groups is 1. The molecule has 0 aliphatic carbocycles. The molecule has 0 aromatic heterocycles. The van der Waals surface area contributed by atoms with Crippen LogP contribution in [0.25, 0.3) is 0 Å². The minimum atomic E-state index is -0.629. The maximum atomic E-state index is 9.57. The maximum Gasteiger partial charge on any atom is 0.133 e. The summed E-state index contributed by atoms with van der Waals surface area (Å²) < 4.78 is 6.07. The van der Waals surface area contributed by atoms with Crippen molar-refractivity contribution in [2.45, 2.75) is 13.0 Å². The first kappa shape index (κ1) is 11.5. The van der Waals surface area contributed by atoms with Crippen LogP contribution in [0, 0.1) is 6.92 Å². The lowest BCUT2D eigenvalue weighted by atomic mass is 10.1. The zero-order chi connectivity index (χ0) is 10.7. The number of hydrogen-bond donors (Lipinski definition) is 2. The molecule has 0 aliphatic heterocycles. The van der Waals surface area contributed by atoms with Crippen LogP contribution in [-0.4, -0.2) is 18.8 Å². The van der Waals surface area contributed by atoms with Gasteiger partial charge in [0.2, 0.25) is 0 Å². The molecule has 0 fully saturated rings. The summed E-state index contributed by atoms with van der Waals surface area (Å²) in [7, 11) is 1.60. The molecule has 78 valence electrons. The molecule has 0 spiro atoms. The number of ether oxygens (including phenoxy) is 1. The van der Waals surface area contributed by atoms with Gasteiger partial charge >= 0.3 is 0 Å². The van der Waals surface area contributed by atoms with Gasteiger partial charge in [0, 0.05) is 6.54 Å². The van der Waals surface area contributed by atoms with Crippen molar-refractivity contribution in [1.29, 1.82) is 0 Å². The number of rotatable bonds is 3. The van der Waals surface area contributed by atoms with Gasteiger partial charge in [-0.05, 0) is 40.0 Å². The second kappa shape index (κ2) is 4.77. The van der Waals surface area contributed by atoms with E-state index in [2.05, 4.69) is 15.9 Å². The third-order valence-electron chi connectivity index (χ3n) is 2.07. The Labute approximate surface area is 92.0 Å². The van der Waals surface area contributed by atoms with E-state index in [0.29, 0.717) is 5.75 Å². The first-order valence-electron chi connectivity index (χ1n) is 4.32. The van der Waals surface area contributed by atoms with Gasteiger partial charge in [-0.15, -0.1) is 0 Å². The molecule has 1 aromatic rings. The average Bonchev–Trinajstić information content (AvgIpc) is 2.20. The third kappa shape index (κ3) is 2.26. The van der Waals surface area contributed by atoms with Gasteiger partial charge in [-0.1, -0.05) is 6.07 Å². The van der Waals surface area contributed by atoms with Gasteiger partial charge in [-0.3, -0.25) is 0 Å². The molecule has 0 heterocycles. The molecule has 0 saturated carbocycles. The van der Waals surface area contributed by atoms with Crippen LogP contribution in [0.2, 0.25) is 0 Å². The number of nitrogens with two attached hydrogens (primary N) is 1. The van der Waals surface area contributed by atoms with Crippen molar-refractivity contribution in [2.75, 3.05) is 13.7 Å². The fraction of sp³-hybridized carbons (Fsp3) is 0.400. The van der Waals surface area contributed by atoms with Gasteiger partial charge in [0.05, 0.1) is 17.7 Å². The molecule has 0 saturated heterocycles. The van der Waals surface area contributed by atoms with Crippen molar-refractivity contribution in [3.8, 4) is 5.75 Å². The number of benzene rings is 1. The van der Waals surface area contributed by atoms with Crippen molar-refractivity contribution >= 4 is 15.9 Å². The quantitative estimate of drug-likeness (QED) is 0.870. The Kier molecular flexibility index (Phi) is 3.92. The Balaban J connectivity index is 3.16. The van der Waals surface area contributed by atoms with Crippen molar-refractivity contribution in [3.63, 3.8) is 0 Å². The van der Waals surface area contributed by atoms with E-state index >= 15 is 0 Å². The Morgan fingerprint density at radius 3 is 2.71 bits per heavy atom. The molecule has 0 bridgehead atoms. The van der Waals surface area contributed by atoms with Gasteiger partial charge < -0.3 is 15.6 Å². The molecule has 1 aromatic carbocycles. The fourth-order valence-corrected chi connectivity index (χ4v) is 1.63. The molecule has 1 atom stereocenters. The van der Waals surface area contributed by atoms with E-state index in [9.17, 15) is 5.11 Å². The third-order valence-corrected chi connectivity index (χ3v) is 3.09. The summed E-state index contributed by atoms with van der Waals surface area (Å²) in [6.45, 7) is 2.16. The summed E-state index contributed by atoms with van der Waals surface area (Å²) in [5.74, 6) is 0.715. The van der Waals surface area contributed by atoms with Crippen molar-refractivity contribution < 1.29 is 9.84 Å². The molecule has 3 nitrogen and oxygen atoms in total. The molecule has 3 N–H and O–H groups in total. The lowest BCUT2D eigenvalue weighted by Crippen LogP contribution is -2.11. The standard InChI is InChI=1S/C10H14BrNO2/c1-6-3-7(8(13)5-12)4-9(14-2)10(6)11/h3-4,8,13H,5,12H2,1-2H3. The monoisotopic (exact) mass is 259 g/mol. The second-order valence-electron chi connectivity index (χ2n) is 3.11. The Morgan fingerprint density at radius 1 is 1.57 bits per heavy atom. The summed E-state index contributed by atoms with van der Waals surface area (Å²) in [4.78, 5) is 0. The topological polar surface area (TPSA) is 55.5 Å². The molecule has 0 amide bonds. The van der Waals surface area contributed by atoms with E-state index in [1.807, 2.05) is 13.0 Å². The van der Waals surface area contributed by atoms with Crippen LogP contribution in [0.3, 0.4) is 0 Å². The van der Waals surface area contributed by atoms with Gasteiger partial charge in [0.15, 0.2) is 0 Å². The van der Waals surface area contributed by atoms with Gasteiger partial charge in [-0.25, -0.2) is 0 Å². The number of aliphatic hydroxyl groups excluding tert-OH is 1. The summed E-state index contributed by atoms with van der Waals surface area (Å²) in [6, 6.07) is 3.68. The highest BCUT2D eigenvalue weighted by Crippen LogP contribution is 2.31. The van der Waals surface area contributed by atoms with Crippen LogP contribution >= 0.6 is 15.9 Å². The predicted molar refractivity (Wildman–Crippen MR) is 59.4 cm³/mol. The van der Waals surface area contributed by atoms with Crippen LogP contribution in [0.1, 0.15) is 17.2 Å². The Hall–Kier alpha value is -0.580. The number of aryl methyl sites for hydroxylation is 1.